The lowest BCUT2D eigenvalue weighted by Gasteiger charge is -2.07. The van der Waals surface area contributed by atoms with Crippen molar-refractivity contribution in [3.8, 4) is 0 Å². The summed E-state index contributed by atoms with van der Waals surface area (Å²) in [5.74, 6) is -0.705. The number of carbonyl (C=O) groups excluding carboxylic acids is 1. The summed E-state index contributed by atoms with van der Waals surface area (Å²) >= 11 is 1.15. The normalized spacial score (nSPS) is 12.2. The van der Waals surface area contributed by atoms with E-state index in [4.69, 9.17) is 0 Å². The maximum Gasteiger partial charge on any atom is 0.416 e. The molecule has 0 aliphatic carbocycles. The van der Waals surface area contributed by atoms with Gasteiger partial charge in [0.15, 0.2) is 5.13 Å². The van der Waals surface area contributed by atoms with Gasteiger partial charge < -0.3 is 0 Å². The number of hydrogen-bond donors (Lipinski definition) is 2. The maximum atomic E-state index is 12.6. The van der Waals surface area contributed by atoms with Gasteiger partial charge in [0.25, 0.3) is 5.91 Å². The van der Waals surface area contributed by atoms with Crippen LogP contribution in [0.3, 0.4) is 0 Å². The smallest absolute Gasteiger partial charge is 0.300 e. The van der Waals surface area contributed by atoms with Crippen LogP contribution in [0.25, 0.3) is 0 Å². The SMILES string of the molecule is CNS(=O)(=O)OCC(=O)Nc1nc(C)c(Cc2ccc(C(F)(F)F)cc2)s1. The quantitative estimate of drug-likeness (QED) is 0.713. The summed E-state index contributed by atoms with van der Waals surface area (Å²) in [5, 5.41) is 2.66. The van der Waals surface area contributed by atoms with Crippen LogP contribution >= 0.6 is 11.3 Å². The number of rotatable bonds is 7. The van der Waals surface area contributed by atoms with E-state index in [1.165, 1.54) is 12.1 Å². The van der Waals surface area contributed by atoms with Gasteiger partial charge in [0.2, 0.25) is 0 Å². The fourth-order valence-corrected chi connectivity index (χ4v) is 3.38. The third-order valence-electron chi connectivity index (χ3n) is 3.38. The summed E-state index contributed by atoms with van der Waals surface area (Å²) in [7, 11) is -2.83. The number of hydrogen-bond acceptors (Lipinski definition) is 6. The summed E-state index contributed by atoms with van der Waals surface area (Å²) in [4.78, 5) is 16.6. The summed E-state index contributed by atoms with van der Waals surface area (Å²) in [6, 6.07) is 4.79. The van der Waals surface area contributed by atoms with Crippen molar-refractivity contribution in [2.45, 2.75) is 19.5 Å². The van der Waals surface area contributed by atoms with Crippen LogP contribution in [0.4, 0.5) is 18.3 Å². The number of thiazole rings is 1. The molecular formula is C15H16F3N3O4S2. The molecule has 0 fully saturated rings. The molecule has 1 amide bonds. The monoisotopic (exact) mass is 423 g/mol. The van der Waals surface area contributed by atoms with Crippen LogP contribution in [0.1, 0.15) is 21.7 Å². The van der Waals surface area contributed by atoms with Crippen molar-refractivity contribution >= 4 is 32.7 Å². The zero-order valence-electron chi connectivity index (χ0n) is 14.3. The minimum atomic E-state index is -4.39. The van der Waals surface area contributed by atoms with Gasteiger partial charge in [-0.25, -0.2) is 9.17 Å². The highest BCUT2D eigenvalue weighted by molar-refractivity contribution is 7.84. The fourth-order valence-electron chi connectivity index (χ4n) is 1.99. The zero-order chi connectivity index (χ0) is 20.2. The lowest BCUT2D eigenvalue weighted by atomic mass is 10.1. The Hall–Kier alpha value is -2.02. The van der Waals surface area contributed by atoms with Crippen molar-refractivity contribution in [3.05, 3.63) is 46.0 Å². The lowest BCUT2D eigenvalue weighted by Crippen LogP contribution is -2.27. The van der Waals surface area contributed by atoms with Crippen LogP contribution in [0, 0.1) is 6.92 Å². The number of aryl methyl sites for hydroxylation is 1. The standard InChI is InChI=1S/C15H16F3N3O4S2/c1-9-12(7-10-3-5-11(6-4-10)15(16,17)18)26-14(20-9)21-13(22)8-25-27(23,24)19-2/h3-6,19H,7-8H2,1-2H3,(H,20,21,22). The molecule has 1 aromatic heterocycles. The maximum absolute atomic E-state index is 12.6. The van der Waals surface area contributed by atoms with Crippen LogP contribution in [-0.2, 0) is 31.9 Å². The molecule has 0 radical (unpaired) electrons. The molecule has 7 nitrogen and oxygen atoms in total. The second kappa shape index (κ2) is 8.33. The lowest BCUT2D eigenvalue weighted by molar-refractivity contribution is -0.137. The van der Waals surface area contributed by atoms with Crippen LogP contribution in [0.2, 0.25) is 0 Å². The second-order valence-electron chi connectivity index (χ2n) is 5.37. The van der Waals surface area contributed by atoms with Crippen molar-refractivity contribution in [1.29, 1.82) is 0 Å². The molecule has 0 saturated heterocycles. The second-order valence-corrected chi connectivity index (χ2v) is 8.00. The number of amides is 1. The number of carbonyl (C=O) groups is 1. The Morgan fingerprint density at radius 1 is 1.26 bits per heavy atom. The van der Waals surface area contributed by atoms with E-state index >= 15 is 0 Å². The van der Waals surface area contributed by atoms with E-state index in [9.17, 15) is 26.4 Å². The summed E-state index contributed by atoms with van der Waals surface area (Å²) in [6.07, 6.45) is -4.04. The van der Waals surface area contributed by atoms with Crippen molar-refractivity contribution in [2.24, 2.45) is 0 Å². The first-order chi connectivity index (χ1) is 12.5. The van der Waals surface area contributed by atoms with E-state index < -0.39 is 34.6 Å². The van der Waals surface area contributed by atoms with Crippen molar-refractivity contribution in [1.82, 2.24) is 9.71 Å². The zero-order valence-corrected chi connectivity index (χ0v) is 15.9. The van der Waals surface area contributed by atoms with Crippen LogP contribution in [0.15, 0.2) is 24.3 Å². The fraction of sp³-hybridized carbons (Fsp3) is 0.333. The van der Waals surface area contributed by atoms with Crippen LogP contribution in [-0.4, -0.2) is 33.0 Å². The van der Waals surface area contributed by atoms with E-state index in [0.29, 0.717) is 17.7 Å². The molecule has 2 rings (SSSR count). The minimum Gasteiger partial charge on any atom is -0.300 e. The van der Waals surface area contributed by atoms with Gasteiger partial charge in [-0.2, -0.15) is 26.3 Å². The van der Waals surface area contributed by atoms with Crippen molar-refractivity contribution < 1.29 is 30.6 Å². The molecule has 0 bridgehead atoms. The number of benzene rings is 1. The molecule has 2 N–H and O–H groups in total. The molecule has 12 heteroatoms. The summed E-state index contributed by atoms with van der Waals surface area (Å²) < 4.78 is 66.3. The largest absolute Gasteiger partial charge is 0.416 e. The Balaban J connectivity index is 2.00. The molecule has 0 aliphatic rings. The molecular weight excluding hydrogens is 407 g/mol. The molecule has 0 atom stereocenters. The summed E-state index contributed by atoms with van der Waals surface area (Å²) in [6.45, 7) is 0.990. The summed E-state index contributed by atoms with van der Waals surface area (Å²) in [5.41, 5.74) is 0.548. The van der Waals surface area contributed by atoms with Crippen LogP contribution in [0.5, 0.6) is 0 Å². The van der Waals surface area contributed by atoms with Gasteiger partial charge in [0.05, 0.1) is 11.3 Å². The van der Waals surface area contributed by atoms with Crippen molar-refractivity contribution in [3.63, 3.8) is 0 Å². The van der Waals surface area contributed by atoms with E-state index in [2.05, 4.69) is 14.5 Å². The first-order valence-corrected chi connectivity index (χ1v) is 9.73. The van der Waals surface area contributed by atoms with Gasteiger partial charge in [-0.15, -0.1) is 11.3 Å². The average Bonchev–Trinajstić information content (AvgIpc) is 2.92. The number of nitrogens with zero attached hydrogens (tertiary/aromatic N) is 1. The molecule has 148 valence electrons. The molecule has 0 aliphatic heterocycles. The Labute approximate surface area is 157 Å². The third kappa shape index (κ3) is 6.27. The molecule has 0 unspecified atom stereocenters. The van der Waals surface area contributed by atoms with Gasteiger partial charge >= 0.3 is 16.5 Å². The third-order valence-corrected chi connectivity index (χ3v) is 5.38. The predicted octanol–water partition coefficient (Wildman–Crippen LogP) is 2.48. The highest BCUT2D eigenvalue weighted by Crippen LogP contribution is 2.30. The number of aromatic nitrogens is 1. The molecule has 1 heterocycles. The number of halogens is 3. The Morgan fingerprint density at radius 3 is 2.44 bits per heavy atom. The van der Waals surface area contributed by atoms with Gasteiger partial charge in [0, 0.05) is 18.3 Å². The highest BCUT2D eigenvalue weighted by atomic mass is 32.2. The van der Waals surface area contributed by atoms with Gasteiger partial charge in [0.1, 0.15) is 6.61 Å². The molecule has 2 aromatic rings. The van der Waals surface area contributed by atoms with Gasteiger partial charge in [-0.1, -0.05) is 12.1 Å². The Bertz CT molecular complexity index is 909. The average molecular weight is 423 g/mol. The van der Waals surface area contributed by atoms with Gasteiger partial charge in [-0.3, -0.25) is 10.1 Å². The molecule has 0 saturated carbocycles. The first-order valence-electron chi connectivity index (χ1n) is 7.50. The van der Waals surface area contributed by atoms with Crippen molar-refractivity contribution in [2.75, 3.05) is 19.0 Å². The first kappa shape index (κ1) is 21.3. The highest BCUT2D eigenvalue weighted by Gasteiger charge is 2.29. The minimum absolute atomic E-state index is 0.241. The number of anilines is 1. The Kier molecular flexibility index (Phi) is 6.57. The van der Waals surface area contributed by atoms with E-state index in [-0.39, 0.29) is 5.13 Å². The predicted molar refractivity (Wildman–Crippen MR) is 93.7 cm³/mol. The van der Waals surface area contributed by atoms with E-state index in [1.807, 2.05) is 4.72 Å². The topological polar surface area (TPSA) is 97.4 Å². The van der Waals surface area contributed by atoms with Gasteiger partial charge in [-0.05, 0) is 24.6 Å². The number of alkyl halides is 3. The number of nitrogens with one attached hydrogen (secondary N) is 2. The van der Waals surface area contributed by atoms with Crippen LogP contribution < -0.4 is 10.0 Å². The molecule has 1 aromatic carbocycles. The molecule has 27 heavy (non-hydrogen) atoms. The van der Waals surface area contributed by atoms with E-state index in [1.54, 1.807) is 6.92 Å². The Morgan fingerprint density at radius 2 is 1.89 bits per heavy atom. The molecule has 0 spiro atoms. The van der Waals surface area contributed by atoms with E-state index in [0.717, 1.165) is 35.4 Å².